The molecule has 1 aromatic rings. The summed E-state index contributed by atoms with van der Waals surface area (Å²) >= 11 is 0. The Kier molecular flexibility index (Phi) is 2.83. The van der Waals surface area contributed by atoms with Crippen LogP contribution in [0.4, 0.5) is 0 Å². The summed E-state index contributed by atoms with van der Waals surface area (Å²) in [5.41, 5.74) is 3.17. The molecule has 0 saturated heterocycles. The molecule has 0 atom stereocenters. The van der Waals surface area contributed by atoms with Crippen LogP contribution in [0.15, 0.2) is 6.20 Å². The molecule has 1 aliphatic rings. The van der Waals surface area contributed by atoms with Gasteiger partial charge in [-0.3, -0.25) is 4.68 Å². The average Bonchev–Trinajstić information content (AvgIpc) is 2.80. The Balaban J connectivity index is 1.86. The molecule has 0 spiro atoms. The van der Waals surface area contributed by atoms with Gasteiger partial charge >= 0.3 is 0 Å². The molecule has 0 aromatic carbocycles. The van der Waals surface area contributed by atoms with Gasteiger partial charge in [0.2, 0.25) is 0 Å². The van der Waals surface area contributed by atoms with E-state index < -0.39 is 0 Å². The van der Waals surface area contributed by atoms with Crippen molar-refractivity contribution < 1.29 is 0 Å². The topological polar surface area (TPSA) is 29.9 Å². The van der Waals surface area contributed by atoms with E-state index in [1.54, 1.807) is 0 Å². The number of aromatic nitrogens is 2. The van der Waals surface area contributed by atoms with Crippen molar-refractivity contribution in [2.24, 2.45) is 12.5 Å². The van der Waals surface area contributed by atoms with Crippen molar-refractivity contribution in [1.82, 2.24) is 15.1 Å². The molecule has 0 aliphatic heterocycles. The molecule has 1 fully saturated rings. The van der Waals surface area contributed by atoms with Crippen LogP contribution in [-0.2, 0) is 20.0 Å². The molecular weight excluding hydrogens is 186 g/mol. The minimum Gasteiger partial charge on any atom is -0.312 e. The van der Waals surface area contributed by atoms with Crippen LogP contribution < -0.4 is 5.32 Å². The molecule has 15 heavy (non-hydrogen) atoms. The predicted octanol–water partition coefficient (Wildman–Crippen LogP) is 1.87. The summed E-state index contributed by atoms with van der Waals surface area (Å²) in [5.74, 6) is 0. The van der Waals surface area contributed by atoms with Crippen molar-refractivity contribution in [3.63, 3.8) is 0 Å². The molecule has 2 rings (SSSR count). The zero-order valence-corrected chi connectivity index (χ0v) is 10.0. The summed E-state index contributed by atoms with van der Waals surface area (Å²) in [5, 5.41) is 7.98. The summed E-state index contributed by atoms with van der Waals surface area (Å²) < 4.78 is 1.91. The zero-order valence-electron chi connectivity index (χ0n) is 10.0. The Morgan fingerprint density at radius 1 is 1.53 bits per heavy atom. The van der Waals surface area contributed by atoms with Gasteiger partial charge in [0.25, 0.3) is 0 Å². The number of rotatable bonds is 5. The highest BCUT2D eigenvalue weighted by atomic mass is 15.3. The molecule has 0 unspecified atom stereocenters. The van der Waals surface area contributed by atoms with Gasteiger partial charge < -0.3 is 5.32 Å². The zero-order chi connectivity index (χ0) is 10.9. The van der Waals surface area contributed by atoms with Crippen LogP contribution in [0, 0.1) is 5.41 Å². The third kappa shape index (κ3) is 2.59. The third-order valence-corrected chi connectivity index (χ3v) is 3.30. The van der Waals surface area contributed by atoms with E-state index in [0.29, 0.717) is 5.41 Å². The fourth-order valence-electron chi connectivity index (χ4n) is 1.92. The van der Waals surface area contributed by atoms with Gasteiger partial charge in [0.1, 0.15) is 0 Å². The highest BCUT2D eigenvalue weighted by molar-refractivity contribution is 5.16. The second-order valence-electron chi connectivity index (χ2n) is 5.04. The lowest BCUT2D eigenvalue weighted by Crippen LogP contribution is -2.21. The summed E-state index contributed by atoms with van der Waals surface area (Å²) in [6, 6.07) is 0. The molecule has 84 valence electrons. The van der Waals surface area contributed by atoms with E-state index in [2.05, 4.69) is 30.5 Å². The van der Waals surface area contributed by atoms with Gasteiger partial charge in [-0.2, -0.15) is 5.10 Å². The van der Waals surface area contributed by atoms with Gasteiger partial charge in [0.15, 0.2) is 0 Å². The van der Waals surface area contributed by atoms with Crippen LogP contribution in [0.3, 0.4) is 0 Å². The lowest BCUT2D eigenvalue weighted by molar-refractivity contribution is 0.498. The van der Waals surface area contributed by atoms with Crippen LogP contribution in [0.5, 0.6) is 0 Å². The molecule has 1 saturated carbocycles. The minimum absolute atomic E-state index is 0.592. The predicted molar refractivity (Wildman–Crippen MR) is 61.6 cm³/mol. The third-order valence-electron chi connectivity index (χ3n) is 3.30. The maximum atomic E-state index is 4.44. The summed E-state index contributed by atoms with van der Waals surface area (Å²) in [6.45, 7) is 6.62. The quantitative estimate of drug-likeness (QED) is 0.799. The smallest absolute Gasteiger partial charge is 0.0666 e. The normalized spacial score (nSPS) is 18.1. The van der Waals surface area contributed by atoms with Crippen molar-refractivity contribution in [3.8, 4) is 0 Å². The SMILES string of the molecule is CCc1nn(C)cc1CNCC1(C)CC1. The van der Waals surface area contributed by atoms with E-state index in [4.69, 9.17) is 0 Å². The molecule has 0 radical (unpaired) electrons. The van der Waals surface area contributed by atoms with E-state index in [0.717, 1.165) is 19.5 Å². The van der Waals surface area contributed by atoms with Crippen LogP contribution in [0.25, 0.3) is 0 Å². The molecule has 0 amide bonds. The standard InChI is InChI=1S/C12H21N3/c1-4-11-10(8-15(3)14-11)7-13-9-12(2)5-6-12/h8,13H,4-7,9H2,1-3H3. The van der Waals surface area contributed by atoms with Crippen LogP contribution >= 0.6 is 0 Å². The van der Waals surface area contributed by atoms with Crippen LogP contribution in [0.2, 0.25) is 0 Å². The van der Waals surface area contributed by atoms with Gasteiger partial charge in [-0.25, -0.2) is 0 Å². The maximum Gasteiger partial charge on any atom is 0.0666 e. The van der Waals surface area contributed by atoms with E-state index >= 15 is 0 Å². The van der Waals surface area contributed by atoms with Gasteiger partial charge in [-0.1, -0.05) is 13.8 Å². The van der Waals surface area contributed by atoms with Crippen molar-refractivity contribution in [2.45, 2.75) is 39.7 Å². The second-order valence-corrected chi connectivity index (χ2v) is 5.04. The van der Waals surface area contributed by atoms with Crippen molar-refractivity contribution in [1.29, 1.82) is 0 Å². The highest BCUT2D eigenvalue weighted by Gasteiger charge is 2.36. The number of hydrogen-bond acceptors (Lipinski definition) is 2. The Labute approximate surface area is 91.9 Å². The Bertz CT molecular complexity index is 337. The fraction of sp³-hybridized carbons (Fsp3) is 0.750. The van der Waals surface area contributed by atoms with E-state index in [9.17, 15) is 0 Å². The molecule has 1 aromatic heterocycles. The summed E-state index contributed by atoms with van der Waals surface area (Å²) in [7, 11) is 1.99. The number of nitrogens with zero attached hydrogens (tertiary/aromatic N) is 2. The molecule has 0 bridgehead atoms. The molecule has 3 heteroatoms. The highest BCUT2D eigenvalue weighted by Crippen LogP contribution is 2.44. The molecule has 1 aliphatic carbocycles. The largest absolute Gasteiger partial charge is 0.312 e. The summed E-state index contributed by atoms with van der Waals surface area (Å²) in [4.78, 5) is 0. The van der Waals surface area contributed by atoms with Gasteiger partial charge in [-0.15, -0.1) is 0 Å². The lowest BCUT2D eigenvalue weighted by Gasteiger charge is -2.09. The lowest BCUT2D eigenvalue weighted by atomic mass is 10.1. The molecule has 1 N–H and O–H groups in total. The monoisotopic (exact) mass is 207 g/mol. The fourth-order valence-corrected chi connectivity index (χ4v) is 1.92. The van der Waals surface area contributed by atoms with Crippen molar-refractivity contribution in [2.75, 3.05) is 6.54 Å². The number of hydrogen-bond donors (Lipinski definition) is 1. The maximum absolute atomic E-state index is 4.44. The first-order valence-corrected chi connectivity index (χ1v) is 5.85. The first kappa shape index (κ1) is 10.7. The van der Waals surface area contributed by atoms with Crippen LogP contribution in [-0.4, -0.2) is 16.3 Å². The van der Waals surface area contributed by atoms with Crippen molar-refractivity contribution in [3.05, 3.63) is 17.5 Å². The van der Waals surface area contributed by atoms with E-state index in [1.807, 2.05) is 11.7 Å². The average molecular weight is 207 g/mol. The van der Waals surface area contributed by atoms with Crippen molar-refractivity contribution >= 4 is 0 Å². The van der Waals surface area contributed by atoms with Gasteiger partial charge in [0.05, 0.1) is 5.69 Å². The van der Waals surface area contributed by atoms with E-state index in [1.165, 1.54) is 24.1 Å². The number of aryl methyl sites for hydroxylation is 2. The summed E-state index contributed by atoms with van der Waals surface area (Å²) in [6.07, 6.45) is 5.91. The van der Waals surface area contributed by atoms with Gasteiger partial charge in [0, 0.05) is 31.9 Å². The second kappa shape index (κ2) is 3.97. The van der Waals surface area contributed by atoms with E-state index in [-0.39, 0.29) is 0 Å². The molecular formula is C12H21N3. The minimum atomic E-state index is 0.592. The molecule has 1 heterocycles. The van der Waals surface area contributed by atoms with Crippen LogP contribution in [0.1, 0.15) is 37.9 Å². The number of nitrogens with one attached hydrogen (secondary N) is 1. The Hall–Kier alpha value is -0.830. The molecule has 3 nitrogen and oxygen atoms in total. The first-order valence-electron chi connectivity index (χ1n) is 5.85. The van der Waals surface area contributed by atoms with Gasteiger partial charge in [-0.05, 0) is 24.7 Å². The first-order chi connectivity index (χ1) is 7.13. The Morgan fingerprint density at radius 3 is 2.87 bits per heavy atom. The Morgan fingerprint density at radius 2 is 2.27 bits per heavy atom.